The predicted octanol–water partition coefficient (Wildman–Crippen LogP) is 15.6. The van der Waals surface area contributed by atoms with Gasteiger partial charge in [-0.1, -0.05) is 165 Å². The molecule has 0 spiro atoms. The number of aromatic nitrogens is 1. The molecule has 0 aliphatic carbocycles. The summed E-state index contributed by atoms with van der Waals surface area (Å²) in [7, 11) is 0. The van der Waals surface area contributed by atoms with Gasteiger partial charge in [0.1, 0.15) is 5.52 Å². The van der Waals surface area contributed by atoms with Crippen LogP contribution in [0.2, 0.25) is 0 Å². The van der Waals surface area contributed by atoms with E-state index >= 15 is 0 Å². The van der Waals surface area contributed by atoms with Crippen LogP contribution in [0, 0.1) is 6.92 Å². The summed E-state index contributed by atoms with van der Waals surface area (Å²) in [5, 5.41) is 7.38. The van der Waals surface area contributed by atoms with Crippen LogP contribution in [0.4, 0.5) is 0 Å². The molecule has 1 aromatic heterocycles. The molecule has 9 rings (SSSR count). The van der Waals surface area contributed by atoms with Crippen molar-refractivity contribution >= 4 is 43.4 Å². The molecule has 1 heterocycles. The fraction of sp³-hybridized carbons (Fsp3) is 0.241. The summed E-state index contributed by atoms with van der Waals surface area (Å²) in [6, 6.07) is 47.9. The summed E-state index contributed by atoms with van der Waals surface area (Å²) < 4.78 is 6.63. The zero-order valence-electron chi connectivity index (χ0n) is 34.5. The Morgan fingerprint density at radius 1 is 0.393 bits per heavy atom. The lowest BCUT2D eigenvalue weighted by atomic mass is 9.81. The van der Waals surface area contributed by atoms with Crippen molar-refractivity contribution < 1.29 is 4.42 Å². The van der Waals surface area contributed by atoms with Gasteiger partial charge in [0, 0.05) is 5.56 Å². The Morgan fingerprint density at radius 3 is 1.12 bits per heavy atom. The summed E-state index contributed by atoms with van der Waals surface area (Å²) in [5.74, 6) is 0.645. The van der Waals surface area contributed by atoms with Crippen molar-refractivity contribution in [3.63, 3.8) is 0 Å². The van der Waals surface area contributed by atoms with Gasteiger partial charge >= 0.3 is 0 Å². The van der Waals surface area contributed by atoms with Crippen molar-refractivity contribution in [3.8, 4) is 44.8 Å². The highest BCUT2D eigenvalue weighted by Crippen LogP contribution is 2.49. The second-order valence-electron chi connectivity index (χ2n) is 19.0. The molecule has 0 saturated heterocycles. The van der Waals surface area contributed by atoms with Gasteiger partial charge in [-0.3, -0.25) is 0 Å². The van der Waals surface area contributed by atoms with E-state index in [-0.39, 0.29) is 16.2 Å². The summed E-state index contributed by atoms with van der Waals surface area (Å²) in [5.41, 5.74) is 15.3. The Bertz CT molecular complexity index is 2840. The van der Waals surface area contributed by atoms with E-state index in [9.17, 15) is 0 Å². The number of nitrogens with zero attached hydrogens (tertiary/aromatic N) is 1. The average molecular weight is 730 g/mol. The fourth-order valence-electron chi connectivity index (χ4n) is 8.48. The number of rotatable bonds is 4. The number of aryl methyl sites for hydroxylation is 1. The van der Waals surface area contributed by atoms with Gasteiger partial charge in [0.05, 0.1) is 0 Å². The Morgan fingerprint density at radius 2 is 0.750 bits per heavy atom. The third kappa shape index (κ3) is 6.07. The minimum atomic E-state index is 0.0612. The number of fused-ring (bicyclic) bond motifs is 1. The highest BCUT2D eigenvalue weighted by atomic mass is 16.3. The number of oxazole rings is 1. The molecular weight excluding hydrogens is 679 g/mol. The lowest BCUT2D eigenvalue weighted by Gasteiger charge is -2.23. The first kappa shape index (κ1) is 35.9. The van der Waals surface area contributed by atoms with E-state index in [1.165, 1.54) is 77.0 Å². The molecule has 278 valence electrons. The summed E-state index contributed by atoms with van der Waals surface area (Å²) in [6.07, 6.45) is 0. The monoisotopic (exact) mass is 729 g/mol. The van der Waals surface area contributed by atoms with Crippen LogP contribution in [0.3, 0.4) is 0 Å². The Labute approximate surface area is 331 Å². The number of benzene rings is 8. The Balaban J connectivity index is 1.40. The fourth-order valence-corrected chi connectivity index (χ4v) is 8.48. The largest absolute Gasteiger partial charge is 0.436 e. The van der Waals surface area contributed by atoms with Crippen LogP contribution in [-0.2, 0) is 16.2 Å². The normalized spacial score (nSPS) is 12.8. The predicted molar refractivity (Wildman–Crippen MR) is 240 cm³/mol. The van der Waals surface area contributed by atoms with Crippen LogP contribution in [0.15, 0.2) is 132 Å². The van der Waals surface area contributed by atoms with Crippen LogP contribution in [0.1, 0.15) is 84.6 Å². The maximum absolute atomic E-state index is 6.63. The summed E-state index contributed by atoms with van der Waals surface area (Å²) >= 11 is 0. The highest BCUT2D eigenvalue weighted by Gasteiger charge is 2.24. The number of hydrogen-bond donors (Lipinski definition) is 0. The first-order valence-corrected chi connectivity index (χ1v) is 20.0. The van der Waals surface area contributed by atoms with Crippen molar-refractivity contribution in [1.29, 1.82) is 0 Å². The van der Waals surface area contributed by atoms with Gasteiger partial charge in [0.25, 0.3) is 0 Å². The van der Waals surface area contributed by atoms with E-state index in [1.807, 2.05) is 0 Å². The summed E-state index contributed by atoms with van der Waals surface area (Å²) in [4.78, 5) is 5.11. The molecule has 2 nitrogen and oxygen atoms in total. The van der Waals surface area contributed by atoms with Gasteiger partial charge in [-0.15, -0.1) is 0 Å². The third-order valence-electron chi connectivity index (χ3n) is 11.9. The zero-order valence-corrected chi connectivity index (χ0v) is 34.5. The van der Waals surface area contributed by atoms with Gasteiger partial charge in [-0.05, 0) is 135 Å². The molecule has 56 heavy (non-hydrogen) atoms. The average Bonchev–Trinajstić information content (AvgIpc) is 3.59. The topological polar surface area (TPSA) is 26.0 Å². The van der Waals surface area contributed by atoms with E-state index in [2.05, 4.69) is 197 Å². The van der Waals surface area contributed by atoms with Crippen LogP contribution in [-0.4, -0.2) is 4.98 Å². The maximum Gasteiger partial charge on any atom is 0.227 e. The van der Waals surface area contributed by atoms with E-state index < -0.39 is 0 Å². The van der Waals surface area contributed by atoms with Gasteiger partial charge in [-0.25, -0.2) is 4.98 Å². The van der Waals surface area contributed by atoms with E-state index in [4.69, 9.17) is 9.40 Å². The molecule has 0 aliphatic heterocycles. The quantitative estimate of drug-likeness (QED) is 0.169. The van der Waals surface area contributed by atoms with Gasteiger partial charge in [-0.2, -0.15) is 0 Å². The summed E-state index contributed by atoms with van der Waals surface area (Å²) in [6.45, 7) is 22.6. The maximum atomic E-state index is 6.63. The SMILES string of the molecule is Cc1ccc2nc(-c3cc(-c4ccc(C(C)(C)C)cc4)c4ccc5c(-c6ccc(C(C)(C)C)cc6)cc(-c6ccc(C(C)(C)C)cc6)c6ccc3c4c56)oc2c1. The first-order chi connectivity index (χ1) is 26.5. The molecule has 0 atom stereocenters. The highest BCUT2D eigenvalue weighted by molar-refractivity contribution is 6.31. The molecule has 0 radical (unpaired) electrons. The van der Waals surface area contributed by atoms with Crippen LogP contribution < -0.4 is 0 Å². The lowest BCUT2D eigenvalue weighted by Crippen LogP contribution is -2.10. The van der Waals surface area contributed by atoms with E-state index in [0.717, 1.165) is 27.6 Å². The second-order valence-corrected chi connectivity index (χ2v) is 19.0. The Kier molecular flexibility index (Phi) is 8.12. The van der Waals surface area contributed by atoms with Crippen LogP contribution in [0.5, 0.6) is 0 Å². The third-order valence-corrected chi connectivity index (χ3v) is 11.9. The molecule has 0 unspecified atom stereocenters. The van der Waals surface area contributed by atoms with Crippen molar-refractivity contribution in [2.45, 2.75) is 85.5 Å². The van der Waals surface area contributed by atoms with Crippen molar-refractivity contribution in [1.82, 2.24) is 4.98 Å². The lowest BCUT2D eigenvalue weighted by molar-refractivity contribution is 0.590. The standard InChI is InChI=1S/C54H51NO/c1-32-11-28-47-48(29-32)56-51(55-47)46-31-45(35-16-22-38(23-17-35)54(8,9)10)41-25-24-39-43(33-12-18-36(19-13-33)52(2,3)4)30-44(40-26-27-42(46)50(41)49(39)40)34-14-20-37(21-15-34)53(5,6)7/h11-31H,1-10H3. The van der Waals surface area contributed by atoms with Crippen LogP contribution >= 0.6 is 0 Å². The molecule has 9 aromatic rings. The Hall–Kier alpha value is -5.73. The minimum absolute atomic E-state index is 0.0612. The molecule has 0 amide bonds. The van der Waals surface area contributed by atoms with E-state index in [1.54, 1.807) is 0 Å². The second kappa shape index (κ2) is 12.6. The van der Waals surface area contributed by atoms with E-state index in [0.29, 0.717) is 5.89 Å². The molecule has 0 bridgehead atoms. The smallest absolute Gasteiger partial charge is 0.227 e. The van der Waals surface area contributed by atoms with Crippen molar-refractivity contribution in [2.24, 2.45) is 0 Å². The molecule has 0 saturated carbocycles. The van der Waals surface area contributed by atoms with Gasteiger partial charge in [0.15, 0.2) is 5.58 Å². The molecular formula is C54H51NO. The van der Waals surface area contributed by atoms with Gasteiger partial charge < -0.3 is 4.42 Å². The first-order valence-electron chi connectivity index (χ1n) is 20.0. The molecule has 0 aliphatic rings. The minimum Gasteiger partial charge on any atom is -0.436 e. The molecule has 0 N–H and O–H groups in total. The zero-order chi connectivity index (χ0) is 39.3. The van der Waals surface area contributed by atoms with Crippen molar-refractivity contribution in [3.05, 3.63) is 150 Å². The molecule has 0 fully saturated rings. The number of hydrogen-bond acceptors (Lipinski definition) is 2. The molecule has 2 heteroatoms. The molecule has 8 aromatic carbocycles. The van der Waals surface area contributed by atoms with Gasteiger partial charge in [0.2, 0.25) is 5.89 Å². The van der Waals surface area contributed by atoms with Crippen molar-refractivity contribution in [2.75, 3.05) is 0 Å². The van der Waals surface area contributed by atoms with Crippen LogP contribution in [0.25, 0.3) is 88.3 Å².